The second-order valence-corrected chi connectivity index (χ2v) is 4.31. The van der Waals surface area contributed by atoms with Gasteiger partial charge in [0.15, 0.2) is 0 Å². The number of carbonyl (C=O) groups is 1. The summed E-state index contributed by atoms with van der Waals surface area (Å²) in [6, 6.07) is 5.35. The van der Waals surface area contributed by atoms with Crippen LogP contribution in [-0.2, 0) is 16.1 Å². The quantitative estimate of drug-likeness (QED) is 0.751. The predicted molar refractivity (Wildman–Crippen MR) is 67.0 cm³/mol. The largest absolute Gasteiger partial charge is 0.496 e. The number of benzene rings is 1. The van der Waals surface area contributed by atoms with Crippen molar-refractivity contribution in [2.24, 2.45) is 0 Å². The van der Waals surface area contributed by atoms with Crippen LogP contribution < -0.4 is 4.74 Å². The smallest absolute Gasteiger partial charge is 0.150 e. The first-order valence-corrected chi connectivity index (χ1v) is 6.15. The Morgan fingerprint density at radius 3 is 2.83 bits per heavy atom. The van der Waals surface area contributed by atoms with Crippen LogP contribution in [0.4, 0.5) is 0 Å². The monoisotopic (exact) mass is 250 g/mol. The van der Waals surface area contributed by atoms with Gasteiger partial charge in [-0.05, 0) is 31.0 Å². The molecular formula is C14H18O4. The maximum absolute atomic E-state index is 10.8. The topological polar surface area (TPSA) is 44.8 Å². The molecule has 0 unspecified atom stereocenters. The summed E-state index contributed by atoms with van der Waals surface area (Å²) in [5.74, 6) is 0.757. The van der Waals surface area contributed by atoms with Gasteiger partial charge in [-0.1, -0.05) is 0 Å². The van der Waals surface area contributed by atoms with Gasteiger partial charge >= 0.3 is 0 Å². The van der Waals surface area contributed by atoms with Gasteiger partial charge in [0.2, 0.25) is 0 Å². The SMILES string of the molecule is COc1ccc(C=O)cc1COC1CCOCC1. The van der Waals surface area contributed by atoms with Crippen molar-refractivity contribution in [3.8, 4) is 5.75 Å². The van der Waals surface area contributed by atoms with Crippen LogP contribution in [0, 0.1) is 0 Å². The summed E-state index contributed by atoms with van der Waals surface area (Å²) in [4.78, 5) is 10.8. The lowest BCUT2D eigenvalue weighted by Crippen LogP contribution is -2.23. The number of carbonyl (C=O) groups excluding carboxylic acids is 1. The molecule has 0 spiro atoms. The second-order valence-electron chi connectivity index (χ2n) is 4.31. The summed E-state index contributed by atoms with van der Waals surface area (Å²) < 4.78 is 16.4. The molecule has 1 saturated heterocycles. The fourth-order valence-corrected chi connectivity index (χ4v) is 2.03. The minimum atomic E-state index is 0.239. The van der Waals surface area contributed by atoms with Crippen LogP contribution in [0.25, 0.3) is 0 Å². The van der Waals surface area contributed by atoms with Crippen LogP contribution in [0.15, 0.2) is 18.2 Å². The first-order chi connectivity index (χ1) is 8.83. The Morgan fingerprint density at radius 2 is 2.17 bits per heavy atom. The Kier molecular flexibility index (Phi) is 4.73. The zero-order valence-electron chi connectivity index (χ0n) is 10.6. The zero-order valence-corrected chi connectivity index (χ0v) is 10.6. The van der Waals surface area contributed by atoms with Gasteiger partial charge < -0.3 is 14.2 Å². The number of methoxy groups -OCH3 is 1. The molecule has 0 atom stereocenters. The van der Waals surface area contributed by atoms with E-state index < -0.39 is 0 Å². The average molecular weight is 250 g/mol. The Balaban J connectivity index is 1.99. The van der Waals surface area contributed by atoms with E-state index in [1.807, 2.05) is 6.07 Å². The van der Waals surface area contributed by atoms with Crippen LogP contribution >= 0.6 is 0 Å². The van der Waals surface area contributed by atoms with Crippen molar-refractivity contribution < 1.29 is 19.0 Å². The molecule has 18 heavy (non-hydrogen) atoms. The van der Waals surface area contributed by atoms with E-state index in [9.17, 15) is 4.79 Å². The Hall–Kier alpha value is -1.39. The highest BCUT2D eigenvalue weighted by atomic mass is 16.5. The summed E-state index contributed by atoms with van der Waals surface area (Å²) in [5, 5.41) is 0. The molecule has 0 aromatic heterocycles. The highest BCUT2D eigenvalue weighted by Crippen LogP contribution is 2.22. The van der Waals surface area contributed by atoms with Crippen LogP contribution in [0.3, 0.4) is 0 Å². The van der Waals surface area contributed by atoms with Crippen molar-refractivity contribution in [3.05, 3.63) is 29.3 Å². The molecule has 1 fully saturated rings. The summed E-state index contributed by atoms with van der Waals surface area (Å²) in [5.41, 5.74) is 1.55. The van der Waals surface area contributed by atoms with E-state index in [0.717, 1.165) is 43.7 Å². The highest BCUT2D eigenvalue weighted by Gasteiger charge is 2.15. The molecule has 4 heteroatoms. The van der Waals surface area contributed by atoms with Gasteiger partial charge in [-0.25, -0.2) is 0 Å². The van der Waals surface area contributed by atoms with E-state index in [4.69, 9.17) is 14.2 Å². The third kappa shape index (κ3) is 3.31. The summed E-state index contributed by atoms with van der Waals surface area (Å²) in [6.07, 6.45) is 2.92. The molecule has 0 bridgehead atoms. The van der Waals surface area contributed by atoms with Gasteiger partial charge in [0.1, 0.15) is 12.0 Å². The molecule has 4 nitrogen and oxygen atoms in total. The predicted octanol–water partition coefficient (Wildman–Crippen LogP) is 2.20. The molecule has 2 rings (SSSR count). The zero-order chi connectivity index (χ0) is 12.8. The van der Waals surface area contributed by atoms with E-state index in [-0.39, 0.29) is 6.10 Å². The molecule has 0 saturated carbocycles. The first-order valence-electron chi connectivity index (χ1n) is 6.15. The van der Waals surface area contributed by atoms with Crippen molar-refractivity contribution in [1.82, 2.24) is 0 Å². The fraction of sp³-hybridized carbons (Fsp3) is 0.500. The summed E-state index contributed by atoms with van der Waals surface area (Å²) in [7, 11) is 1.62. The number of hydrogen-bond acceptors (Lipinski definition) is 4. The third-order valence-electron chi connectivity index (χ3n) is 3.08. The lowest BCUT2D eigenvalue weighted by atomic mass is 10.1. The summed E-state index contributed by atoms with van der Waals surface area (Å²) in [6.45, 7) is 1.99. The Morgan fingerprint density at radius 1 is 1.39 bits per heavy atom. The number of hydrogen-bond donors (Lipinski definition) is 0. The lowest BCUT2D eigenvalue weighted by molar-refractivity contribution is -0.0394. The van der Waals surface area contributed by atoms with E-state index in [2.05, 4.69) is 0 Å². The summed E-state index contributed by atoms with van der Waals surface area (Å²) >= 11 is 0. The highest BCUT2D eigenvalue weighted by molar-refractivity contribution is 5.75. The normalized spacial score (nSPS) is 16.5. The molecule has 1 aliphatic rings. The van der Waals surface area contributed by atoms with E-state index in [0.29, 0.717) is 12.2 Å². The molecule has 0 amide bonds. The van der Waals surface area contributed by atoms with E-state index in [1.54, 1.807) is 19.2 Å². The Bertz CT molecular complexity index is 397. The molecular weight excluding hydrogens is 232 g/mol. The number of ether oxygens (including phenoxy) is 3. The van der Waals surface area contributed by atoms with Crippen LogP contribution in [0.5, 0.6) is 5.75 Å². The lowest BCUT2D eigenvalue weighted by Gasteiger charge is -2.22. The standard InChI is InChI=1S/C14H18O4/c1-16-14-3-2-11(9-15)8-12(14)10-18-13-4-6-17-7-5-13/h2-3,8-9,13H,4-7,10H2,1H3. The maximum Gasteiger partial charge on any atom is 0.150 e. The molecule has 0 radical (unpaired) electrons. The van der Waals surface area contributed by atoms with E-state index in [1.165, 1.54) is 0 Å². The maximum atomic E-state index is 10.8. The first kappa shape index (κ1) is 13.1. The van der Waals surface area contributed by atoms with Gasteiger partial charge in [-0.3, -0.25) is 4.79 Å². The average Bonchev–Trinajstić information content (AvgIpc) is 2.45. The minimum Gasteiger partial charge on any atom is -0.496 e. The Labute approximate surface area is 107 Å². The molecule has 0 aliphatic carbocycles. The molecule has 1 aromatic carbocycles. The fourth-order valence-electron chi connectivity index (χ4n) is 2.03. The van der Waals surface area contributed by atoms with Crippen molar-refractivity contribution in [2.75, 3.05) is 20.3 Å². The molecule has 1 aliphatic heterocycles. The van der Waals surface area contributed by atoms with Crippen LogP contribution in [0.2, 0.25) is 0 Å². The third-order valence-corrected chi connectivity index (χ3v) is 3.08. The number of aldehydes is 1. The van der Waals surface area contributed by atoms with Crippen molar-refractivity contribution in [2.45, 2.75) is 25.6 Å². The van der Waals surface area contributed by atoms with Crippen molar-refractivity contribution in [3.63, 3.8) is 0 Å². The second kappa shape index (κ2) is 6.52. The van der Waals surface area contributed by atoms with Crippen LogP contribution in [0.1, 0.15) is 28.8 Å². The minimum absolute atomic E-state index is 0.239. The number of rotatable bonds is 5. The van der Waals surface area contributed by atoms with Crippen LogP contribution in [-0.4, -0.2) is 32.7 Å². The van der Waals surface area contributed by atoms with E-state index >= 15 is 0 Å². The molecule has 0 N–H and O–H groups in total. The van der Waals surface area contributed by atoms with Gasteiger partial charge in [-0.15, -0.1) is 0 Å². The van der Waals surface area contributed by atoms with Gasteiger partial charge in [-0.2, -0.15) is 0 Å². The molecule has 98 valence electrons. The van der Waals surface area contributed by atoms with Crippen molar-refractivity contribution in [1.29, 1.82) is 0 Å². The molecule has 1 heterocycles. The van der Waals surface area contributed by atoms with Gasteiger partial charge in [0.05, 0.1) is 19.8 Å². The van der Waals surface area contributed by atoms with Crippen molar-refractivity contribution >= 4 is 6.29 Å². The van der Waals surface area contributed by atoms with Gasteiger partial charge in [0, 0.05) is 24.3 Å². The van der Waals surface area contributed by atoms with Gasteiger partial charge in [0.25, 0.3) is 0 Å². The molecule has 1 aromatic rings.